The summed E-state index contributed by atoms with van der Waals surface area (Å²) in [5, 5.41) is 1.01. The molecule has 0 aliphatic heterocycles. The van der Waals surface area contributed by atoms with E-state index in [0.29, 0.717) is 0 Å². The van der Waals surface area contributed by atoms with Gasteiger partial charge in [0.25, 0.3) is 0 Å². The Hall–Kier alpha value is -3.60. The average molecular weight is 399 g/mol. The highest BCUT2D eigenvalue weighted by molar-refractivity contribution is 5.85. The Morgan fingerprint density at radius 1 is 0.967 bits per heavy atom. The van der Waals surface area contributed by atoms with Gasteiger partial charge in [0.15, 0.2) is 0 Å². The lowest BCUT2D eigenvalue weighted by molar-refractivity contribution is 0.414. The normalized spacial score (nSPS) is 10.9. The van der Waals surface area contributed by atoms with Crippen LogP contribution in [0.2, 0.25) is 0 Å². The van der Waals surface area contributed by atoms with Crippen LogP contribution in [-0.4, -0.2) is 23.6 Å². The SMILES string of the molecule is CCN(Cc1ccc(OC)cc1)c1cc2ncc(-c3cc(N)ccc3C)cc2cn1. The van der Waals surface area contributed by atoms with Crippen molar-refractivity contribution in [2.75, 3.05) is 24.3 Å². The molecule has 5 heteroatoms. The van der Waals surface area contributed by atoms with E-state index in [9.17, 15) is 0 Å². The van der Waals surface area contributed by atoms with Crippen LogP contribution in [0.3, 0.4) is 0 Å². The molecule has 0 saturated heterocycles. The summed E-state index contributed by atoms with van der Waals surface area (Å²) in [6, 6.07) is 18.3. The maximum Gasteiger partial charge on any atom is 0.130 e. The van der Waals surface area contributed by atoms with Gasteiger partial charge in [0.1, 0.15) is 11.6 Å². The van der Waals surface area contributed by atoms with E-state index in [1.165, 1.54) is 11.1 Å². The molecule has 0 spiro atoms. The molecular formula is C25H26N4O. The smallest absolute Gasteiger partial charge is 0.130 e. The Kier molecular flexibility index (Phi) is 5.53. The Morgan fingerprint density at radius 3 is 2.50 bits per heavy atom. The molecule has 0 aliphatic carbocycles. The fourth-order valence-corrected chi connectivity index (χ4v) is 3.59. The van der Waals surface area contributed by atoms with E-state index in [2.05, 4.69) is 43.0 Å². The first kappa shape index (κ1) is 19.7. The predicted molar refractivity (Wildman–Crippen MR) is 124 cm³/mol. The first-order valence-corrected chi connectivity index (χ1v) is 10.1. The number of aromatic nitrogens is 2. The van der Waals surface area contributed by atoms with E-state index >= 15 is 0 Å². The van der Waals surface area contributed by atoms with Gasteiger partial charge in [-0.15, -0.1) is 0 Å². The summed E-state index contributed by atoms with van der Waals surface area (Å²) in [4.78, 5) is 11.7. The summed E-state index contributed by atoms with van der Waals surface area (Å²) in [6.45, 7) is 5.85. The van der Waals surface area contributed by atoms with Gasteiger partial charge >= 0.3 is 0 Å². The van der Waals surface area contributed by atoms with Crippen molar-refractivity contribution in [2.24, 2.45) is 0 Å². The number of ether oxygens (including phenoxy) is 1. The molecule has 0 fully saturated rings. The zero-order chi connectivity index (χ0) is 21.1. The second kappa shape index (κ2) is 8.41. The summed E-state index contributed by atoms with van der Waals surface area (Å²) in [7, 11) is 1.68. The number of fused-ring (bicyclic) bond motifs is 1. The number of hydrogen-bond acceptors (Lipinski definition) is 5. The van der Waals surface area contributed by atoms with Gasteiger partial charge in [-0.05, 0) is 60.9 Å². The van der Waals surface area contributed by atoms with Crippen LogP contribution < -0.4 is 15.4 Å². The lowest BCUT2D eigenvalue weighted by Gasteiger charge is -2.22. The van der Waals surface area contributed by atoms with Gasteiger partial charge in [0.2, 0.25) is 0 Å². The molecule has 2 aromatic heterocycles. The minimum atomic E-state index is 0.751. The van der Waals surface area contributed by atoms with Crippen molar-refractivity contribution in [2.45, 2.75) is 20.4 Å². The van der Waals surface area contributed by atoms with Crippen LogP contribution >= 0.6 is 0 Å². The third-order valence-corrected chi connectivity index (χ3v) is 5.36. The highest BCUT2D eigenvalue weighted by Crippen LogP contribution is 2.28. The third kappa shape index (κ3) is 4.06. The molecule has 2 heterocycles. The zero-order valence-electron chi connectivity index (χ0n) is 17.6. The van der Waals surface area contributed by atoms with E-state index in [-0.39, 0.29) is 0 Å². The average Bonchev–Trinajstić information content (AvgIpc) is 2.78. The summed E-state index contributed by atoms with van der Waals surface area (Å²) in [5.74, 6) is 1.78. The van der Waals surface area contributed by atoms with E-state index < -0.39 is 0 Å². The molecular weight excluding hydrogens is 372 g/mol. The lowest BCUT2D eigenvalue weighted by atomic mass is 10.0. The highest BCUT2D eigenvalue weighted by Gasteiger charge is 2.10. The lowest BCUT2D eigenvalue weighted by Crippen LogP contribution is -2.23. The second-order valence-corrected chi connectivity index (χ2v) is 7.40. The zero-order valence-corrected chi connectivity index (χ0v) is 17.6. The summed E-state index contributed by atoms with van der Waals surface area (Å²) < 4.78 is 5.25. The van der Waals surface area contributed by atoms with Gasteiger partial charge in [-0.25, -0.2) is 4.98 Å². The van der Waals surface area contributed by atoms with Crippen LogP contribution in [0.5, 0.6) is 5.75 Å². The van der Waals surface area contributed by atoms with Crippen molar-refractivity contribution in [3.8, 4) is 16.9 Å². The number of hydrogen-bond donors (Lipinski definition) is 1. The molecule has 0 unspecified atom stereocenters. The number of aryl methyl sites for hydroxylation is 1. The van der Waals surface area contributed by atoms with E-state index in [1.807, 2.05) is 42.7 Å². The van der Waals surface area contributed by atoms with Crippen molar-refractivity contribution >= 4 is 22.4 Å². The molecule has 0 bridgehead atoms. The molecule has 0 atom stereocenters. The number of anilines is 2. The first-order chi connectivity index (χ1) is 14.6. The van der Waals surface area contributed by atoms with E-state index in [4.69, 9.17) is 20.4 Å². The van der Waals surface area contributed by atoms with Crippen molar-refractivity contribution in [1.29, 1.82) is 0 Å². The molecule has 30 heavy (non-hydrogen) atoms. The quantitative estimate of drug-likeness (QED) is 0.451. The van der Waals surface area contributed by atoms with Crippen LogP contribution in [0, 0.1) is 6.92 Å². The van der Waals surface area contributed by atoms with Gasteiger partial charge < -0.3 is 15.4 Å². The van der Waals surface area contributed by atoms with Crippen LogP contribution in [0.1, 0.15) is 18.1 Å². The van der Waals surface area contributed by atoms with Crippen LogP contribution in [-0.2, 0) is 6.54 Å². The third-order valence-electron chi connectivity index (χ3n) is 5.36. The van der Waals surface area contributed by atoms with Gasteiger partial charge in [-0.1, -0.05) is 18.2 Å². The Labute approximate surface area is 177 Å². The monoisotopic (exact) mass is 398 g/mol. The molecule has 152 valence electrons. The number of rotatable bonds is 6. The molecule has 0 radical (unpaired) electrons. The number of benzene rings is 2. The number of methoxy groups -OCH3 is 1. The van der Waals surface area contributed by atoms with Gasteiger partial charge in [0.05, 0.1) is 12.6 Å². The predicted octanol–water partition coefficient (Wildman–Crippen LogP) is 5.22. The Morgan fingerprint density at radius 2 is 1.77 bits per heavy atom. The molecule has 5 nitrogen and oxygen atoms in total. The number of nitrogens with two attached hydrogens (primary N) is 1. The second-order valence-electron chi connectivity index (χ2n) is 7.40. The number of nitrogens with zero attached hydrogens (tertiary/aromatic N) is 3. The van der Waals surface area contributed by atoms with Crippen LogP contribution in [0.25, 0.3) is 22.0 Å². The highest BCUT2D eigenvalue weighted by atomic mass is 16.5. The fraction of sp³-hybridized carbons (Fsp3) is 0.200. The first-order valence-electron chi connectivity index (χ1n) is 10.1. The van der Waals surface area contributed by atoms with Crippen LogP contribution in [0.15, 0.2) is 67.0 Å². The molecule has 4 rings (SSSR count). The van der Waals surface area contributed by atoms with Gasteiger partial charge in [-0.2, -0.15) is 0 Å². The van der Waals surface area contributed by atoms with Crippen molar-refractivity contribution in [1.82, 2.24) is 9.97 Å². The largest absolute Gasteiger partial charge is 0.497 e. The Balaban J connectivity index is 1.62. The standard InChI is InChI=1S/C25H26N4O/c1-4-29(16-18-6-9-22(30-3)10-7-18)25-13-24-20(15-28-25)11-19(14-27-24)23-12-21(26)8-5-17(23)2/h5-15H,4,16,26H2,1-3H3. The molecule has 0 aliphatic rings. The Bertz CT molecular complexity index is 1170. The molecule has 0 saturated carbocycles. The summed E-state index contributed by atoms with van der Waals surface area (Å²) in [5.41, 5.74) is 12.2. The molecule has 0 amide bonds. The topological polar surface area (TPSA) is 64.3 Å². The minimum absolute atomic E-state index is 0.751. The number of pyridine rings is 2. The molecule has 2 N–H and O–H groups in total. The molecule has 4 aromatic rings. The summed E-state index contributed by atoms with van der Waals surface area (Å²) >= 11 is 0. The van der Waals surface area contributed by atoms with E-state index in [1.54, 1.807) is 7.11 Å². The van der Waals surface area contributed by atoms with E-state index in [0.717, 1.165) is 52.4 Å². The number of nitrogen functional groups attached to an aromatic ring is 1. The minimum Gasteiger partial charge on any atom is -0.497 e. The van der Waals surface area contributed by atoms with Gasteiger partial charge in [0, 0.05) is 48.2 Å². The maximum absolute atomic E-state index is 5.98. The fourth-order valence-electron chi connectivity index (χ4n) is 3.59. The van der Waals surface area contributed by atoms with Crippen molar-refractivity contribution in [3.63, 3.8) is 0 Å². The van der Waals surface area contributed by atoms with Crippen LogP contribution in [0.4, 0.5) is 11.5 Å². The molecule has 2 aromatic carbocycles. The van der Waals surface area contributed by atoms with Crippen molar-refractivity contribution < 1.29 is 4.74 Å². The summed E-state index contributed by atoms with van der Waals surface area (Å²) in [6.07, 6.45) is 3.81. The van der Waals surface area contributed by atoms with Gasteiger partial charge in [-0.3, -0.25) is 4.98 Å². The maximum atomic E-state index is 5.98. The van der Waals surface area contributed by atoms with Crippen molar-refractivity contribution in [3.05, 3.63) is 78.1 Å².